The number of nitrogens with zero attached hydrogens (tertiary/aromatic N) is 4. The minimum absolute atomic E-state index is 0.666. The third kappa shape index (κ3) is 3.58. The standard InChI is InChI=1S/C17H24N4/c18-20-19-10-9-15-11-16-7-4-8-17(12-15)21(16)13-14-5-2-1-3-6-14/h1-3,5-6,15-17H,4,7-13H2. The van der Waals surface area contributed by atoms with Crippen molar-refractivity contribution in [1.29, 1.82) is 0 Å². The lowest BCUT2D eigenvalue weighted by Gasteiger charge is -2.49. The summed E-state index contributed by atoms with van der Waals surface area (Å²) in [6, 6.07) is 12.3. The van der Waals surface area contributed by atoms with Crippen LogP contribution in [0, 0.1) is 5.92 Å². The van der Waals surface area contributed by atoms with E-state index in [1.54, 1.807) is 0 Å². The Kier molecular flexibility index (Phi) is 4.79. The van der Waals surface area contributed by atoms with Crippen molar-refractivity contribution in [3.05, 3.63) is 46.3 Å². The molecule has 2 heterocycles. The summed E-state index contributed by atoms with van der Waals surface area (Å²) in [4.78, 5) is 5.62. The monoisotopic (exact) mass is 284 g/mol. The molecule has 1 aromatic carbocycles. The first-order valence-corrected chi connectivity index (χ1v) is 8.17. The molecule has 2 aliphatic heterocycles. The van der Waals surface area contributed by atoms with Crippen molar-refractivity contribution < 1.29 is 0 Å². The van der Waals surface area contributed by atoms with E-state index in [0.29, 0.717) is 6.54 Å². The molecule has 0 saturated carbocycles. The van der Waals surface area contributed by atoms with Gasteiger partial charge in [0.1, 0.15) is 0 Å². The summed E-state index contributed by atoms with van der Waals surface area (Å²) in [6.45, 7) is 1.76. The summed E-state index contributed by atoms with van der Waals surface area (Å²) in [5.41, 5.74) is 9.85. The fourth-order valence-corrected chi connectivity index (χ4v) is 4.16. The molecule has 21 heavy (non-hydrogen) atoms. The van der Waals surface area contributed by atoms with E-state index >= 15 is 0 Å². The van der Waals surface area contributed by atoms with E-state index in [4.69, 9.17) is 5.53 Å². The van der Waals surface area contributed by atoms with Crippen LogP contribution < -0.4 is 0 Å². The van der Waals surface area contributed by atoms with Crippen molar-refractivity contribution in [1.82, 2.24) is 4.90 Å². The molecule has 0 radical (unpaired) electrons. The summed E-state index contributed by atoms with van der Waals surface area (Å²) < 4.78 is 0. The summed E-state index contributed by atoms with van der Waals surface area (Å²) in [6.07, 6.45) is 7.68. The van der Waals surface area contributed by atoms with E-state index in [0.717, 1.165) is 31.0 Å². The lowest BCUT2D eigenvalue weighted by atomic mass is 9.77. The number of hydrogen-bond acceptors (Lipinski definition) is 2. The lowest BCUT2D eigenvalue weighted by Crippen LogP contribution is -2.51. The maximum atomic E-state index is 8.41. The van der Waals surface area contributed by atoms with Gasteiger partial charge in [0.15, 0.2) is 0 Å². The number of rotatable bonds is 5. The summed E-state index contributed by atoms with van der Waals surface area (Å²) in [5.74, 6) is 0.748. The highest BCUT2D eigenvalue weighted by Crippen LogP contribution is 2.39. The Labute approximate surface area is 126 Å². The highest BCUT2D eigenvalue weighted by atomic mass is 15.2. The number of azide groups is 1. The van der Waals surface area contributed by atoms with E-state index in [1.807, 2.05) is 0 Å². The first-order chi connectivity index (χ1) is 10.4. The van der Waals surface area contributed by atoms with Crippen LogP contribution in [0.25, 0.3) is 10.4 Å². The van der Waals surface area contributed by atoms with Crippen molar-refractivity contribution in [2.45, 2.75) is 57.2 Å². The molecule has 4 nitrogen and oxygen atoms in total. The molecule has 1 aromatic rings. The molecule has 112 valence electrons. The van der Waals surface area contributed by atoms with Crippen LogP contribution in [0.1, 0.15) is 44.1 Å². The normalized spacial score (nSPS) is 28.9. The van der Waals surface area contributed by atoms with Gasteiger partial charge in [0.05, 0.1) is 0 Å². The Bertz CT molecular complexity index is 481. The molecule has 2 saturated heterocycles. The zero-order valence-corrected chi connectivity index (χ0v) is 12.6. The van der Waals surface area contributed by atoms with Crippen LogP contribution in [0.15, 0.2) is 35.4 Å². The maximum absolute atomic E-state index is 8.41. The molecule has 2 bridgehead atoms. The van der Waals surface area contributed by atoms with Gasteiger partial charge in [-0.3, -0.25) is 4.90 Å². The van der Waals surface area contributed by atoms with Gasteiger partial charge < -0.3 is 0 Å². The second kappa shape index (κ2) is 6.97. The van der Waals surface area contributed by atoms with Crippen LogP contribution in [0.5, 0.6) is 0 Å². The van der Waals surface area contributed by atoms with Crippen molar-refractivity contribution in [3.8, 4) is 0 Å². The fraction of sp³-hybridized carbons (Fsp3) is 0.647. The molecule has 2 fully saturated rings. The topological polar surface area (TPSA) is 52.0 Å². The van der Waals surface area contributed by atoms with Crippen molar-refractivity contribution >= 4 is 0 Å². The predicted molar refractivity (Wildman–Crippen MR) is 84.8 cm³/mol. The summed E-state index contributed by atoms with van der Waals surface area (Å²) >= 11 is 0. The quantitative estimate of drug-likeness (QED) is 0.445. The molecule has 0 aromatic heterocycles. The second-order valence-electron chi connectivity index (χ2n) is 6.48. The SMILES string of the molecule is [N-]=[N+]=NCCC1CC2CCCC(C1)N2Cc1ccccc1. The zero-order chi connectivity index (χ0) is 14.5. The minimum Gasteiger partial charge on any atom is -0.293 e. The van der Waals surface area contributed by atoms with Crippen LogP contribution in [-0.4, -0.2) is 23.5 Å². The minimum atomic E-state index is 0.666. The highest BCUT2D eigenvalue weighted by Gasteiger charge is 2.37. The molecule has 4 heteroatoms. The maximum Gasteiger partial charge on any atom is 0.0260 e. The number of fused-ring (bicyclic) bond motifs is 2. The van der Waals surface area contributed by atoms with Crippen molar-refractivity contribution in [3.63, 3.8) is 0 Å². The fourth-order valence-electron chi connectivity index (χ4n) is 4.16. The van der Waals surface area contributed by atoms with Crippen LogP contribution in [0.2, 0.25) is 0 Å². The largest absolute Gasteiger partial charge is 0.293 e. The molecule has 2 atom stereocenters. The Morgan fingerprint density at radius 3 is 2.52 bits per heavy atom. The Morgan fingerprint density at radius 2 is 1.86 bits per heavy atom. The first kappa shape index (κ1) is 14.4. The number of hydrogen-bond donors (Lipinski definition) is 0. The average molecular weight is 284 g/mol. The highest BCUT2D eigenvalue weighted by molar-refractivity contribution is 5.15. The van der Waals surface area contributed by atoms with Crippen LogP contribution in [0.4, 0.5) is 0 Å². The Hall–Kier alpha value is -1.51. The Balaban J connectivity index is 1.63. The van der Waals surface area contributed by atoms with Crippen molar-refractivity contribution in [2.24, 2.45) is 11.0 Å². The van der Waals surface area contributed by atoms with E-state index in [-0.39, 0.29) is 0 Å². The molecule has 0 N–H and O–H groups in total. The molecule has 0 amide bonds. The second-order valence-corrected chi connectivity index (χ2v) is 6.48. The third-order valence-corrected chi connectivity index (χ3v) is 5.13. The van der Waals surface area contributed by atoms with E-state index in [2.05, 4.69) is 45.3 Å². The summed E-state index contributed by atoms with van der Waals surface area (Å²) in [5, 5.41) is 3.71. The van der Waals surface area contributed by atoms with Gasteiger partial charge in [0.2, 0.25) is 0 Å². The average Bonchev–Trinajstić information content (AvgIpc) is 2.49. The van der Waals surface area contributed by atoms with E-state index in [1.165, 1.54) is 37.7 Å². The van der Waals surface area contributed by atoms with Gasteiger partial charge in [-0.05, 0) is 49.1 Å². The van der Waals surface area contributed by atoms with Gasteiger partial charge in [0.25, 0.3) is 0 Å². The van der Waals surface area contributed by atoms with Gasteiger partial charge in [-0.25, -0.2) is 0 Å². The zero-order valence-electron chi connectivity index (χ0n) is 12.6. The molecule has 2 aliphatic rings. The van der Waals surface area contributed by atoms with Crippen molar-refractivity contribution in [2.75, 3.05) is 6.54 Å². The molecule has 3 rings (SSSR count). The van der Waals surface area contributed by atoms with Crippen LogP contribution in [-0.2, 0) is 6.54 Å². The lowest BCUT2D eigenvalue weighted by molar-refractivity contribution is 0.00553. The Morgan fingerprint density at radius 1 is 1.14 bits per heavy atom. The van der Waals surface area contributed by atoms with Gasteiger partial charge in [0, 0.05) is 30.1 Å². The third-order valence-electron chi connectivity index (χ3n) is 5.13. The van der Waals surface area contributed by atoms with Crippen LogP contribution >= 0.6 is 0 Å². The molecule has 2 unspecified atom stereocenters. The summed E-state index contributed by atoms with van der Waals surface area (Å²) in [7, 11) is 0. The van der Waals surface area contributed by atoms with Crippen LogP contribution in [0.3, 0.4) is 0 Å². The predicted octanol–water partition coefficient (Wildman–Crippen LogP) is 4.52. The molecular formula is C17H24N4. The van der Waals surface area contributed by atoms with E-state index < -0.39 is 0 Å². The molecule has 0 aliphatic carbocycles. The molecular weight excluding hydrogens is 260 g/mol. The first-order valence-electron chi connectivity index (χ1n) is 8.17. The number of piperidine rings is 2. The van der Waals surface area contributed by atoms with Gasteiger partial charge in [-0.15, -0.1) is 0 Å². The van der Waals surface area contributed by atoms with E-state index in [9.17, 15) is 0 Å². The smallest absolute Gasteiger partial charge is 0.0260 e. The molecule has 0 spiro atoms. The van der Waals surface area contributed by atoms with Gasteiger partial charge >= 0.3 is 0 Å². The van der Waals surface area contributed by atoms with Gasteiger partial charge in [-0.1, -0.05) is 41.9 Å². The number of benzene rings is 1. The van der Waals surface area contributed by atoms with Gasteiger partial charge in [-0.2, -0.15) is 0 Å².